The predicted molar refractivity (Wildman–Crippen MR) is 75.0 cm³/mol. The van der Waals surface area contributed by atoms with Gasteiger partial charge in [-0.15, -0.1) is 0 Å². The maximum atomic E-state index is 13.7. The molecule has 0 saturated carbocycles. The van der Waals surface area contributed by atoms with Crippen LogP contribution in [-0.2, 0) is 0 Å². The fourth-order valence-electron chi connectivity index (χ4n) is 2.61. The summed E-state index contributed by atoms with van der Waals surface area (Å²) in [7, 11) is 0. The second-order valence-corrected chi connectivity index (χ2v) is 4.99. The van der Waals surface area contributed by atoms with Gasteiger partial charge in [0.15, 0.2) is 5.75 Å². The molecule has 1 unspecified atom stereocenters. The zero-order valence-electron chi connectivity index (χ0n) is 11.1. The number of ether oxygens (including phenoxy) is 1. The van der Waals surface area contributed by atoms with E-state index in [0.717, 1.165) is 25.1 Å². The standard InChI is InChI=1S/C16H17FN2O/c17-16-14(7-4-9-19-16)20-15(13-8-10-18-11-13)12-5-2-1-3-6-12/h1-7,9,13,15,18H,8,10-11H2/t13-,15?/m0/s1. The van der Waals surface area contributed by atoms with E-state index in [1.54, 1.807) is 12.1 Å². The summed E-state index contributed by atoms with van der Waals surface area (Å²) >= 11 is 0. The molecule has 0 spiro atoms. The molecule has 0 amide bonds. The summed E-state index contributed by atoms with van der Waals surface area (Å²) in [5, 5.41) is 3.33. The SMILES string of the molecule is Fc1ncccc1OC(c1ccccc1)[C@H]1CCNC1. The van der Waals surface area contributed by atoms with Crippen molar-refractivity contribution in [2.75, 3.05) is 13.1 Å². The molecule has 20 heavy (non-hydrogen) atoms. The summed E-state index contributed by atoms with van der Waals surface area (Å²) in [6, 6.07) is 13.3. The minimum absolute atomic E-state index is 0.148. The van der Waals surface area contributed by atoms with Gasteiger partial charge in [-0.05, 0) is 30.7 Å². The molecule has 2 aromatic rings. The van der Waals surface area contributed by atoms with Gasteiger partial charge in [0.1, 0.15) is 6.10 Å². The molecule has 3 nitrogen and oxygen atoms in total. The Morgan fingerprint density at radius 3 is 2.75 bits per heavy atom. The molecule has 1 aromatic carbocycles. The monoisotopic (exact) mass is 272 g/mol. The number of hydrogen-bond donors (Lipinski definition) is 1. The van der Waals surface area contributed by atoms with Crippen LogP contribution in [0.15, 0.2) is 48.7 Å². The maximum Gasteiger partial charge on any atom is 0.255 e. The smallest absolute Gasteiger partial charge is 0.255 e. The first-order valence-corrected chi connectivity index (χ1v) is 6.87. The lowest BCUT2D eigenvalue weighted by Gasteiger charge is -2.24. The molecular weight excluding hydrogens is 255 g/mol. The number of nitrogens with zero attached hydrogens (tertiary/aromatic N) is 1. The first kappa shape index (κ1) is 13.1. The van der Waals surface area contributed by atoms with Crippen LogP contribution in [0.1, 0.15) is 18.1 Å². The highest BCUT2D eigenvalue weighted by molar-refractivity contribution is 5.24. The highest BCUT2D eigenvalue weighted by Gasteiger charge is 2.28. The topological polar surface area (TPSA) is 34.1 Å². The van der Waals surface area contributed by atoms with Crippen LogP contribution in [-0.4, -0.2) is 18.1 Å². The van der Waals surface area contributed by atoms with E-state index in [-0.39, 0.29) is 11.9 Å². The molecule has 3 rings (SSSR count). The first-order valence-electron chi connectivity index (χ1n) is 6.87. The molecule has 1 saturated heterocycles. The van der Waals surface area contributed by atoms with Crippen LogP contribution in [0.4, 0.5) is 4.39 Å². The Kier molecular flexibility index (Phi) is 3.92. The van der Waals surface area contributed by atoms with E-state index in [9.17, 15) is 4.39 Å². The molecule has 0 bridgehead atoms. The molecule has 4 heteroatoms. The van der Waals surface area contributed by atoms with Crippen molar-refractivity contribution in [1.29, 1.82) is 0 Å². The normalized spacial score (nSPS) is 19.8. The quantitative estimate of drug-likeness (QED) is 0.869. The Bertz CT molecular complexity index is 555. The first-order chi connectivity index (χ1) is 9.84. The van der Waals surface area contributed by atoms with Crippen molar-refractivity contribution in [2.45, 2.75) is 12.5 Å². The minimum atomic E-state index is -0.556. The summed E-state index contributed by atoms with van der Waals surface area (Å²) in [5.74, 6) is 0.00430. The molecule has 1 aromatic heterocycles. The van der Waals surface area contributed by atoms with Gasteiger partial charge in [0.25, 0.3) is 5.95 Å². The van der Waals surface area contributed by atoms with Crippen LogP contribution in [0.25, 0.3) is 0 Å². The lowest BCUT2D eigenvalue weighted by molar-refractivity contribution is 0.136. The van der Waals surface area contributed by atoms with Crippen molar-refractivity contribution in [3.05, 3.63) is 60.2 Å². The van der Waals surface area contributed by atoms with Gasteiger partial charge < -0.3 is 10.1 Å². The van der Waals surface area contributed by atoms with Crippen LogP contribution in [0.3, 0.4) is 0 Å². The lowest BCUT2D eigenvalue weighted by atomic mass is 9.95. The summed E-state index contributed by atoms with van der Waals surface area (Å²) < 4.78 is 19.6. The molecule has 1 aliphatic rings. The van der Waals surface area contributed by atoms with Gasteiger partial charge in [-0.3, -0.25) is 0 Å². The zero-order valence-corrected chi connectivity index (χ0v) is 11.1. The molecule has 2 heterocycles. The van der Waals surface area contributed by atoms with E-state index < -0.39 is 5.95 Å². The van der Waals surface area contributed by atoms with Gasteiger partial charge in [0.2, 0.25) is 0 Å². The molecule has 104 valence electrons. The number of hydrogen-bond acceptors (Lipinski definition) is 3. The van der Waals surface area contributed by atoms with Crippen molar-refractivity contribution in [1.82, 2.24) is 10.3 Å². The number of nitrogens with one attached hydrogen (secondary N) is 1. The third kappa shape index (κ3) is 2.80. The number of halogens is 1. The van der Waals surface area contributed by atoms with Gasteiger partial charge >= 0.3 is 0 Å². The summed E-state index contributed by atoms with van der Waals surface area (Å²) in [4.78, 5) is 3.65. The molecule has 2 atom stereocenters. The fraction of sp³-hybridized carbons (Fsp3) is 0.312. The Labute approximate surface area is 117 Å². The largest absolute Gasteiger partial charge is 0.481 e. The van der Waals surface area contributed by atoms with Crippen molar-refractivity contribution in [3.63, 3.8) is 0 Å². The predicted octanol–water partition coefficient (Wildman–Crippen LogP) is 2.95. The van der Waals surface area contributed by atoms with E-state index in [4.69, 9.17) is 4.74 Å². The fourth-order valence-corrected chi connectivity index (χ4v) is 2.61. The second-order valence-electron chi connectivity index (χ2n) is 4.99. The maximum absolute atomic E-state index is 13.7. The average Bonchev–Trinajstić information content (AvgIpc) is 3.01. The molecule has 0 aliphatic carbocycles. The third-order valence-electron chi connectivity index (χ3n) is 3.63. The Hall–Kier alpha value is -1.94. The molecule has 0 radical (unpaired) electrons. The number of benzene rings is 1. The van der Waals surface area contributed by atoms with Gasteiger partial charge in [0, 0.05) is 18.7 Å². The van der Waals surface area contributed by atoms with E-state index in [0.29, 0.717) is 5.92 Å². The summed E-state index contributed by atoms with van der Waals surface area (Å²) in [6.45, 7) is 1.87. The van der Waals surface area contributed by atoms with Gasteiger partial charge in [-0.1, -0.05) is 30.3 Å². The highest BCUT2D eigenvalue weighted by Crippen LogP contribution is 2.32. The molecule has 1 fully saturated rings. The van der Waals surface area contributed by atoms with Crippen molar-refractivity contribution in [2.24, 2.45) is 5.92 Å². The molecule has 1 N–H and O–H groups in total. The van der Waals surface area contributed by atoms with Gasteiger partial charge in [-0.25, -0.2) is 4.98 Å². The molecule has 1 aliphatic heterocycles. The Morgan fingerprint density at radius 1 is 1.20 bits per heavy atom. The lowest BCUT2D eigenvalue weighted by Crippen LogP contribution is -2.21. The molecular formula is C16H17FN2O. The highest BCUT2D eigenvalue weighted by atomic mass is 19.1. The number of aromatic nitrogens is 1. The van der Waals surface area contributed by atoms with E-state index >= 15 is 0 Å². The van der Waals surface area contributed by atoms with Crippen LogP contribution >= 0.6 is 0 Å². The summed E-state index contributed by atoms with van der Waals surface area (Å²) in [5.41, 5.74) is 1.07. The second kappa shape index (κ2) is 6.01. The van der Waals surface area contributed by atoms with E-state index in [1.807, 2.05) is 30.3 Å². The minimum Gasteiger partial charge on any atom is -0.481 e. The van der Waals surface area contributed by atoms with Gasteiger partial charge in [-0.2, -0.15) is 4.39 Å². The number of pyridine rings is 1. The third-order valence-corrected chi connectivity index (χ3v) is 3.63. The Balaban J connectivity index is 1.88. The van der Waals surface area contributed by atoms with Crippen LogP contribution in [0.5, 0.6) is 5.75 Å². The van der Waals surface area contributed by atoms with Crippen LogP contribution in [0, 0.1) is 11.9 Å². The van der Waals surface area contributed by atoms with Crippen LogP contribution < -0.4 is 10.1 Å². The zero-order chi connectivity index (χ0) is 13.8. The van der Waals surface area contributed by atoms with Crippen molar-refractivity contribution < 1.29 is 9.13 Å². The van der Waals surface area contributed by atoms with Gasteiger partial charge in [0.05, 0.1) is 0 Å². The van der Waals surface area contributed by atoms with E-state index in [2.05, 4.69) is 10.3 Å². The average molecular weight is 272 g/mol. The van der Waals surface area contributed by atoms with Crippen molar-refractivity contribution in [3.8, 4) is 5.75 Å². The Morgan fingerprint density at radius 2 is 2.05 bits per heavy atom. The van der Waals surface area contributed by atoms with Crippen LogP contribution in [0.2, 0.25) is 0 Å². The van der Waals surface area contributed by atoms with Crippen molar-refractivity contribution >= 4 is 0 Å². The summed E-state index contributed by atoms with van der Waals surface area (Å²) in [6.07, 6.45) is 2.31. The number of rotatable bonds is 4. The van der Waals surface area contributed by atoms with E-state index in [1.165, 1.54) is 6.20 Å².